The molecule has 1 aliphatic rings. The number of thioether (sulfide) groups is 1. The molecule has 0 saturated carbocycles. The number of hydrogen-bond donors (Lipinski definition) is 0. The highest BCUT2D eigenvalue weighted by atomic mass is 32.2. The smallest absolute Gasteiger partial charge is 0.233 e. The lowest BCUT2D eigenvalue weighted by molar-refractivity contribution is -0.136. The van der Waals surface area contributed by atoms with Crippen molar-refractivity contribution >= 4 is 17.7 Å². The lowest BCUT2D eigenvalue weighted by atomic mass is 10.1. The highest BCUT2D eigenvalue weighted by molar-refractivity contribution is 7.99. The standard InChI is InChI=1S/C17H22N4O2S/c1-20-13-18-19-17(20)24-12-16(22)21-9-10-23-15(11-21)8-7-14-5-3-2-4-6-14/h2-6,13,15H,7-12H2,1H3/t15-/m1/s1. The van der Waals surface area contributed by atoms with Crippen molar-refractivity contribution in [2.75, 3.05) is 25.4 Å². The van der Waals surface area contributed by atoms with Crippen molar-refractivity contribution < 1.29 is 9.53 Å². The normalized spacial score (nSPS) is 17.9. The molecule has 0 aliphatic carbocycles. The van der Waals surface area contributed by atoms with Gasteiger partial charge in [-0.3, -0.25) is 4.79 Å². The van der Waals surface area contributed by atoms with Crippen LogP contribution in [0.5, 0.6) is 0 Å². The summed E-state index contributed by atoms with van der Waals surface area (Å²) in [6, 6.07) is 10.4. The molecule has 1 atom stereocenters. The van der Waals surface area contributed by atoms with E-state index in [9.17, 15) is 4.79 Å². The molecule has 1 aliphatic heterocycles. The van der Waals surface area contributed by atoms with E-state index in [2.05, 4.69) is 34.5 Å². The highest BCUT2D eigenvalue weighted by Crippen LogP contribution is 2.17. The SMILES string of the molecule is Cn1cnnc1SCC(=O)N1CCO[C@H](CCc2ccccc2)C1. The first-order chi connectivity index (χ1) is 11.7. The molecule has 24 heavy (non-hydrogen) atoms. The molecule has 0 unspecified atom stereocenters. The molecular formula is C17H22N4O2S. The quantitative estimate of drug-likeness (QED) is 0.746. The summed E-state index contributed by atoms with van der Waals surface area (Å²) in [7, 11) is 1.88. The number of nitrogens with zero attached hydrogens (tertiary/aromatic N) is 4. The van der Waals surface area contributed by atoms with Gasteiger partial charge in [0.05, 0.1) is 18.5 Å². The van der Waals surface area contributed by atoms with E-state index in [-0.39, 0.29) is 12.0 Å². The van der Waals surface area contributed by atoms with Crippen molar-refractivity contribution in [3.63, 3.8) is 0 Å². The Balaban J connectivity index is 1.46. The summed E-state index contributed by atoms with van der Waals surface area (Å²) in [5.74, 6) is 0.522. The number of carbonyl (C=O) groups excluding carboxylic acids is 1. The van der Waals surface area contributed by atoms with Gasteiger partial charge in [0, 0.05) is 20.1 Å². The lowest BCUT2D eigenvalue weighted by Crippen LogP contribution is -2.46. The van der Waals surface area contributed by atoms with Crippen LogP contribution in [0.4, 0.5) is 0 Å². The molecule has 1 aromatic carbocycles. The second-order valence-corrected chi connectivity index (χ2v) is 6.81. The van der Waals surface area contributed by atoms with Gasteiger partial charge in [0.25, 0.3) is 0 Å². The Morgan fingerprint density at radius 1 is 1.38 bits per heavy atom. The maximum Gasteiger partial charge on any atom is 0.233 e. The number of morpholine rings is 1. The van der Waals surface area contributed by atoms with Crippen molar-refractivity contribution in [1.29, 1.82) is 0 Å². The van der Waals surface area contributed by atoms with Gasteiger partial charge < -0.3 is 14.2 Å². The van der Waals surface area contributed by atoms with Crippen LogP contribution in [0, 0.1) is 0 Å². The third-order valence-electron chi connectivity index (χ3n) is 4.08. The number of ether oxygens (including phenoxy) is 1. The molecule has 1 fully saturated rings. The molecule has 7 heteroatoms. The molecular weight excluding hydrogens is 324 g/mol. The number of amides is 1. The van der Waals surface area contributed by atoms with Crippen LogP contribution in [0.2, 0.25) is 0 Å². The fourth-order valence-corrected chi connectivity index (χ4v) is 3.50. The largest absolute Gasteiger partial charge is 0.375 e. The molecule has 2 aromatic rings. The molecule has 0 radical (unpaired) electrons. The van der Waals surface area contributed by atoms with Crippen LogP contribution >= 0.6 is 11.8 Å². The third kappa shape index (κ3) is 4.58. The molecule has 0 bridgehead atoms. The summed E-state index contributed by atoms with van der Waals surface area (Å²) in [5, 5.41) is 8.58. The minimum absolute atomic E-state index is 0.114. The zero-order valence-corrected chi connectivity index (χ0v) is 14.6. The molecule has 128 valence electrons. The fourth-order valence-electron chi connectivity index (χ4n) is 2.71. The van der Waals surface area contributed by atoms with E-state index >= 15 is 0 Å². The van der Waals surface area contributed by atoms with Crippen molar-refractivity contribution in [2.45, 2.75) is 24.1 Å². The second-order valence-electron chi connectivity index (χ2n) is 5.87. The van der Waals surface area contributed by atoms with E-state index in [1.165, 1.54) is 17.3 Å². The van der Waals surface area contributed by atoms with Gasteiger partial charge in [-0.1, -0.05) is 42.1 Å². The number of rotatable bonds is 6. The van der Waals surface area contributed by atoms with Crippen molar-refractivity contribution in [1.82, 2.24) is 19.7 Å². The number of hydrogen-bond acceptors (Lipinski definition) is 5. The first kappa shape index (κ1) is 17.0. The average molecular weight is 346 g/mol. The average Bonchev–Trinajstić information content (AvgIpc) is 3.04. The predicted octanol–water partition coefficient (Wildman–Crippen LogP) is 1.77. The summed E-state index contributed by atoms with van der Waals surface area (Å²) < 4.78 is 7.64. The number of benzene rings is 1. The zero-order chi connectivity index (χ0) is 16.8. The zero-order valence-electron chi connectivity index (χ0n) is 13.8. The Hall–Kier alpha value is -1.86. The molecule has 0 spiro atoms. The van der Waals surface area contributed by atoms with Gasteiger partial charge >= 0.3 is 0 Å². The summed E-state index contributed by atoms with van der Waals surface area (Å²) in [6.45, 7) is 1.95. The minimum atomic E-state index is 0.114. The van der Waals surface area contributed by atoms with E-state index in [0.717, 1.165) is 18.0 Å². The van der Waals surface area contributed by atoms with E-state index in [0.29, 0.717) is 25.4 Å². The van der Waals surface area contributed by atoms with Gasteiger partial charge in [0.1, 0.15) is 6.33 Å². The van der Waals surface area contributed by atoms with Crippen LogP contribution in [0.15, 0.2) is 41.8 Å². The van der Waals surface area contributed by atoms with Crippen LogP contribution in [0.3, 0.4) is 0 Å². The van der Waals surface area contributed by atoms with Gasteiger partial charge in [0.15, 0.2) is 5.16 Å². The van der Waals surface area contributed by atoms with Crippen molar-refractivity contribution in [2.24, 2.45) is 7.05 Å². The molecule has 6 nitrogen and oxygen atoms in total. The van der Waals surface area contributed by atoms with Crippen LogP contribution in [0.25, 0.3) is 0 Å². The Morgan fingerprint density at radius 3 is 2.96 bits per heavy atom. The summed E-state index contributed by atoms with van der Waals surface area (Å²) in [5.41, 5.74) is 1.31. The number of aromatic nitrogens is 3. The van der Waals surface area contributed by atoms with Gasteiger partial charge in [-0.2, -0.15) is 0 Å². The first-order valence-electron chi connectivity index (χ1n) is 8.12. The predicted molar refractivity (Wildman–Crippen MR) is 92.8 cm³/mol. The second kappa shape index (κ2) is 8.30. The van der Waals surface area contributed by atoms with Gasteiger partial charge in [0.2, 0.25) is 5.91 Å². The molecule has 0 N–H and O–H groups in total. The molecule has 1 saturated heterocycles. The van der Waals surface area contributed by atoms with Crippen LogP contribution in [0.1, 0.15) is 12.0 Å². The highest BCUT2D eigenvalue weighted by Gasteiger charge is 2.24. The number of carbonyl (C=O) groups is 1. The van der Waals surface area contributed by atoms with Crippen LogP contribution in [-0.4, -0.2) is 57.1 Å². The summed E-state index contributed by atoms with van der Waals surface area (Å²) >= 11 is 1.42. The summed E-state index contributed by atoms with van der Waals surface area (Å²) in [4.78, 5) is 14.3. The van der Waals surface area contributed by atoms with Crippen LogP contribution in [-0.2, 0) is 23.0 Å². The monoisotopic (exact) mass is 346 g/mol. The summed E-state index contributed by atoms with van der Waals surface area (Å²) in [6.07, 6.45) is 3.66. The molecule has 1 amide bonds. The van der Waals surface area contributed by atoms with E-state index in [4.69, 9.17) is 4.74 Å². The Kier molecular flexibility index (Phi) is 5.87. The Labute approximate surface area is 146 Å². The van der Waals surface area contributed by atoms with Crippen molar-refractivity contribution in [3.05, 3.63) is 42.2 Å². The van der Waals surface area contributed by atoms with Gasteiger partial charge in [-0.05, 0) is 18.4 Å². The first-order valence-corrected chi connectivity index (χ1v) is 9.11. The Bertz CT molecular complexity index is 662. The minimum Gasteiger partial charge on any atom is -0.375 e. The molecule has 1 aromatic heterocycles. The van der Waals surface area contributed by atoms with Crippen molar-refractivity contribution in [3.8, 4) is 0 Å². The van der Waals surface area contributed by atoms with Crippen LogP contribution < -0.4 is 0 Å². The third-order valence-corrected chi connectivity index (χ3v) is 5.10. The number of aryl methyl sites for hydroxylation is 2. The molecule has 3 rings (SSSR count). The Morgan fingerprint density at radius 2 is 2.21 bits per heavy atom. The van der Waals surface area contributed by atoms with E-state index in [1.807, 2.05) is 22.6 Å². The van der Waals surface area contributed by atoms with Gasteiger partial charge in [-0.25, -0.2) is 0 Å². The maximum absolute atomic E-state index is 12.4. The molecule has 2 heterocycles. The van der Waals surface area contributed by atoms with E-state index in [1.54, 1.807) is 6.33 Å². The topological polar surface area (TPSA) is 60.2 Å². The fraction of sp³-hybridized carbons (Fsp3) is 0.471. The lowest BCUT2D eigenvalue weighted by Gasteiger charge is -2.33. The maximum atomic E-state index is 12.4. The van der Waals surface area contributed by atoms with E-state index < -0.39 is 0 Å². The van der Waals surface area contributed by atoms with Gasteiger partial charge in [-0.15, -0.1) is 10.2 Å².